The van der Waals surface area contributed by atoms with Crippen LogP contribution in [0.3, 0.4) is 0 Å². The van der Waals surface area contributed by atoms with E-state index in [1.165, 1.54) is 6.92 Å². The summed E-state index contributed by atoms with van der Waals surface area (Å²) in [7, 11) is 1.70. The summed E-state index contributed by atoms with van der Waals surface area (Å²) in [5, 5.41) is 18.9. The molecule has 0 bridgehead atoms. The number of halogens is 1. The van der Waals surface area contributed by atoms with E-state index < -0.39 is 47.7 Å². The summed E-state index contributed by atoms with van der Waals surface area (Å²) in [6, 6.07) is 5.40. The molecular weight excluding hydrogens is 460 g/mol. The van der Waals surface area contributed by atoms with Crippen molar-refractivity contribution in [2.24, 2.45) is 0 Å². The van der Waals surface area contributed by atoms with Gasteiger partial charge in [-0.25, -0.2) is 4.79 Å². The molecule has 34 heavy (non-hydrogen) atoms. The molecule has 3 amide bonds. The van der Waals surface area contributed by atoms with Crippen LogP contribution in [0.15, 0.2) is 24.3 Å². The highest BCUT2D eigenvalue weighted by atomic mass is 35.5. The molecule has 190 valence electrons. The van der Waals surface area contributed by atoms with Gasteiger partial charge in [-0.1, -0.05) is 23.7 Å². The zero-order valence-electron chi connectivity index (χ0n) is 20.6. The molecule has 0 spiro atoms. The van der Waals surface area contributed by atoms with Crippen molar-refractivity contribution in [2.45, 2.75) is 70.2 Å². The number of carbonyl (C=O) groups excluding carboxylic acids is 3. The fraction of sp³-hybridized carbons (Fsp3) is 0.625. The van der Waals surface area contributed by atoms with Crippen molar-refractivity contribution in [3.05, 3.63) is 34.9 Å². The molecule has 1 aliphatic heterocycles. The number of ether oxygens (including phenoxy) is 1. The smallest absolute Gasteiger partial charge is 0.408 e. The molecule has 1 aliphatic rings. The Morgan fingerprint density at radius 1 is 1.24 bits per heavy atom. The van der Waals surface area contributed by atoms with Crippen LogP contribution in [0.5, 0.6) is 0 Å². The molecule has 4 N–H and O–H groups in total. The molecule has 2 rings (SSSR count). The van der Waals surface area contributed by atoms with Gasteiger partial charge in [0.2, 0.25) is 11.8 Å². The molecule has 3 atom stereocenters. The number of nitrogens with zero attached hydrogens (tertiary/aromatic N) is 1. The Morgan fingerprint density at radius 2 is 1.88 bits per heavy atom. The Morgan fingerprint density at radius 3 is 2.41 bits per heavy atom. The van der Waals surface area contributed by atoms with Gasteiger partial charge in [0, 0.05) is 18.6 Å². The SMILES string of the molecule is C[C@H](NC(=O)OC(C)(C)C)C(=O)N[C@@H](CO)C(=O)N(C)[C@@]1(Cc2ccc(Cl)cc2)CCCNC1. The van der Waals surface area contributed by atoms with Gasteiger partial charge in [-0.2, -0.15) is 0 Å². The minimum absolute atomic E-state index is 0.405. The molecule has 0 aliphatic carbocycles. The van der Waals surface area contributed by atoms with Gasteiger partial charge in [0.15, 0.2) is 0 Å². The summed E-state index contributed by atoms with van der Waals surface area (Å²) in [6.07, 6.45) is 1.52. The molecule has 1 heterocycles. The van der Waals surface area contributed by atoms with Crippen LogP contribution in [0.25, 0.3) is 0 Å². The molecule has 1 aromatic rings. The Balaban J connectivity index is 2.10. The van der Waals surface area contributed by atoms with Gasteiger partial charge in [-0.15, -0.1) is 0 Å². The number of alkyl carbamates (subject to hydrolysis) is 1. The summed E-state index contributed by atoms with van der Waals surface area (Å²) in [5.41, 5.74) is -0.201. The third kappa shape index (κ3) is 7.85. The maximum atomic E-state index is 13.4. The first-order chi connectivity index (χ1) is 15.9. The van der Waals surface area contributed by atoms with E-state index in [4.69, 9.17) is 16.3 Å². The lowest BCUT2D eigenvalue weighted by atomic mass is 9.82. The lowest BCUT2D eigenvalue weighted by molar-refractivity contribution is -0.142. The zero-order valence-corrected chi connectivity index (χ0v) is 21.4. The summed E-state index contributed by atoms with van der Waals surface area (Å²) < 4.78 is 5.16. The number of likely N-dealkylation sites (N-methyl/N-ethyl adjacent to an activating group) is 1. The molecular formula is C24H37ClN4O5. The minimum Gasteiger partial charge on any atom is -0.444 e. The Hall–Kier alpha value is -2.36. The average molecular weight is 497 g/mol. The molecule has 1 aromatic carbocycles. The maximum Gasteiger partial charge on any atom is 0.408 e. The highest BCUT2D eigenvalue weighted by Crippen LogP contribution is 2.28. The van der Waals surface area contributed by atoms with Gasteiger partial charge in [0.05, 0.1) is 12.1 Å². The number of benzene rings is 1. The summed E-state index contributed by atoms with van der Waals surface area (Å²) in [6.45, 7) is 7.50. The molecule has 9 nitrogen and oxygen atoms in total. The van der Waals surface area contributed by atoms with Crippen LogP contribution in [0.2, 0.25) is 5.02 Å². The van der Waals surface area contributed by atoms with E-state index in [2.05, 4.69) is 16.0 Å². The van der Waals surface area contributed by atoms with Gasteiger partial charge in [-0.3, -0.25) is 9.59 Å². The van der Waals surface area contributed by atoms with E-state index in [1.807, 2.05) is 24.3 Å². The van der Waals surface area contributed by atoms with Crippen molar-refractivity contribution in [1.29, 1.82) is 0 Å². The number of amides is 3. The first kappa shape index (κ1) is 27.9. The fourth-order valence-electron chi connectivity index (χ4n) is 3.99. The average Bonchev–Trinajstić information content (AvgIpc) is 2.77. The van der Waals surface area contributed by atoms with E-state index in [0.29, 0.717) is 18.0 Å². The van der Waals surface area contributed by atoms with Crippen LogP contribution in [0.1, 0.15) is 46.1 Å². The third-order valence-corrected chi connectivity index (χ3v) is 6.11. The van der Waals surface area contributed by atoms with Crippen LogP contribution >= 0.6 is 11.6 Å². The van der Waals surface area contributed by atoms with E-state index in [1.54, 1.807) is 32.7 Å². The topological polar surface area (TPSA) is 120 Å². The monoisotopic (exact) mass is 496 g/mol. The summed E-state index contributed by atoms with van der Waals surface area (Å²) >= 11 is 6.02. The molecule has 0 saturated carbocycles. The Labute approximate surface area is 206 Å². The predicted octanol–water partition coefficient (Wildman–Crippen LogP) is 1.85. The lowest BCUT2D eigenvalue weighted by Crippen LogP contribution is -2.64. The standard InChI is InChI=1S/C24H37ClN4O5/c1-16(27-22(33)34-23(2,3)4)20(31)28-19(14-30)21(32)29(5)24(11-6-12-26-15-24)13-17-7-9-18(25)10-8-17/h7-10,16,19,26,30H,6,11-15H2,1-5H3,(H,27,33)(H,28,31)/t16-,19-,24+/m0/s1. The van der Waals surface area contributed by atoms with Crippen molar-refractivity contribution in [1.82, 2.24) is 20.9 Å². The third-order valence-electron chi connectivity index (χ3n) is 5.86. The molecule has 0 unspecified atom stereocenters. The lowest BCUT2D eigenvalue weighted by Gasteiger charge is -2.46. The Kier molecular flexibility index (Phi) is 9.73. The zero-order chi connectivity index (χ0) is 25.5. The number of hydrogen-bond donors (Lipinski definition) is 4. The number of piperidine rings is 1. The van der Waals surface area contributed by atoms with E-state index in [9.17, 15) is 19.5 Å². The van der Waals surface area contributed by atoms with E-state index in [0.717, 1.165) is 24.9 Å². The summed E-state index contributed by atoms with van der Waals surface area (Å²) in [4.78, 5) is 39.6. The second kappa shape index (κ2) is 11.9. The van der Waals surface area contributed by atoms with Crippen molar-refractivity contribution in [3.63, 3.8) is 0 Å². The number of aliphatic hydroxyl groups excluding tert-OH is 1. The van der Waals surface area contributed by atoms with Crippen LogP contribution < -0.4 is 16.0 Å². The van der Waals surface area contributed by atoms with Crippen molar-refractivity contribution in [3.8, 4) is 0 Å². The molecule has 1 fully saturated rings. The fourth-order valence-corrected chi connectivity index (χ4v) is 4.12. The van der Waals surface area contributed by atoms with Crippen molar-refractivity contribution < 1.29 is 24.2 Å². The second-order valence-electron chi connectivity index (χ2n) is 9.82. The number of hydrogen-bond acceptors (Lipinski definition) is 6. The normalized spacial score (nSPS) is 20.1. The van der Waals surface area contributed by atoms with Gasteiger partial charge in [0.25, 0.3) is 0 Å². The van der Waals surface area contributed by atoms with Gasteiger partial charge in [0.1, 0.15) is 17.7 Å². The van der Waals surface area contributed by atoms with Crippen LogP contribution in [-0.4, -0.2) is 77.9 Å². The molecule has 10 heteroatoms. The van der Waals surface area contributed by atoms with Crippen LogP contribution in [0, 0.1) is 0 Å². The largest absolute Gasteiger partial charge is 0.444 e. The summed E-state index contributed by atoms with van der Waals surface area (Å²) in [5.74, 6) is -1.00. The Bertz CT molecular complexity index is 850. The number of aliphatic hydroxyl groups is 1. The minimum atomic E-state index is -1.15. The van der Waals surface area contributed by atoms with Gasteiger partial charge < -0.3 is 30.7 Å². The number of nitrogens with one attached hydrogen (secondary N) is 3. The molecule has 0 aromatic heterocycles. The number of carbonyl (C=O) groups is 3. The van der Waals surface area contributed by atoms with Crippen molar-refractivity contribution in [2.75, 3.05) is 26.7 Å². The molecule has 1 saturated heterocycles. The van der Waals surface area contributed by atoms with Crippen molar-refractivity contribution >= 4 is 29.5 Å². The highest BCUT2D eigenvalue weighted by Gasteiger charge is 2.41. The second-order valence-corrected chi connectivity index (χ2v) is 10.3. The quantitative estimate of drug-likeness (QED) is 0.436. The highest BCUT2D eigenvalue weighted by molar-refractivity contribution is 6.30. The van der Waals surface area contributed by atoms with Gasteiger partial charge >= 0.3 is 6.09 Å². The first-order valence-corrected chi connectivity index (χ1v) is 11.9. The van der Waals surface area contributed by atoms with E-state index in [-0.39, 0.29) is 0 Å². The van der Waals surface area contributed by atoms with E-state index >= 15 is 0 Å². The van der Waals surface area contributed by atoms with Crippen LogP contribution in [-0.2, 0) is 20.7 Å². The first-order valence-electron chi connectivity index (χ1n) is 11.5. The van der Waals surface area contributed by atoms with Crippen LogP contribution in [0.4, 0.5) is 4.79 Å². The number of rotatable bonds is 8. The maximum absolute atomic E-state index is 13.4. The predicted molar refractivity (Wildman–Crippen MR) is 131 cm³/mol. The molecule has 0 radical (unpaired) electrons. The van der Waals surface area contributed by atoms with Gasteiger partial charge in [-0.05, 0) is 71.2 Å².